The quantitative estimate of drug-likeness (QED) is 0.527. The highest BCUT2D eigenvalue weighted by atomic mass is 32.1. The van der Waals surface area contributed by atoms with Crippen LogP contribution in [-0.2, 0) is 6.42 Å². The number of hydrogen-bond donors (Lipinski definition) is 3. The molecule has 0 fully saturated rings. The molecule has 0 spiro atoms. The standard InChI is InChI=1S/C8H10BNO3S/c11-8-5-4-7(9(12)13)14-6(5)2-1-3-10-8/h4,12-13H,1-3H2,(H,10,11). The Morgan fingerprint density at radius 3 is 3.00 bits per heavy atom. The predicted octanol–water partition coefficient (Wildman–Crippen LogP) is -0.896. The smallest absolute Gasteiger partial charge is 0.423 e. The SMILES string of the molecule is O=C1NCCCc2sc(B(O)O)cc21. The van der Waals surface area contributed by atoms with Crippen molar-refractivity contribution < 1.29 is 14.8 Å². The van der Waals surface area contributed by atoms with E-state index in [2.05, 4.69) is 5.32 Å². The summed E-state index contributed by atoms with van der Waals surface area (Å²) in [5.41, 5.74) is 0.593. The van der Waals surface area contributed by atoms with Crippen LogP contribution in [-0.4, -0.2) is 29.6 Å². The van der Waals surface area contributed by atoms with Crippen molar-refractivity contribution >= 4 is 29.1 Å². The summed E-state index contributed by atoms with van der Waals surface area (Å²) < 4.78 is 0.437. The third-order valence-electron chi connectivity index (χ3n) is 2.19. The van der Waals surface area contributed by atoms with Crippen molar-refractivity contribution in [2.45, 2.75) is 12.8 Å². The Labute approximate surface area is 85.7 Å². The van der Waals surface area contributed by atoms with E-state index in [1.54, 1.807) is 6.07 Å². The Morgan fingerprint density at radius 1 is 1.50 bits per heavy atom. The zero-order chi connectivity index (χ0) is 10.1. The van der Waals surface area contributed by atoms with E-state index in [-0.39, 0.29) is 5.91 Å². The summed E-state index contributed by atoms with van der Waals surface area (Å²) in [6.07, 6.45) is 1.73. The predicted molar refractivity (Wildman–Crippen MR) is 54.8 cm³/mol. The van der Waals surface area contributed by atoms with Crippen LogP contribution >= 0.6 is 11.3 Å². The molecule has 0 unspecified atom stereocenters. The van der Waals surface area contributed by atoms with Crippen LogP contribution < -0.4 is 10.1 Å². The molecule has 0 radical (unpaired) electrons. The summed E-state index contributed by atoms with van der Waals surface area (Å²) in [6, 6.07) is 1.56. The minimum atomic E-state index is -1.47. The number of rotatable bonds is 1. The lowest BCUT2D eigenvalue weighted by molar-refractivity contribution is 0.0956. The highest BCUT2D eigenvalue weighted by molar-refractivity contribution is 7.22. The monoisotopic (exact) mass is 211 g/mol. The number of carbonyl (C=O) groups is 1. The number of nitrogens with one attached hydrogen (secondary N) is 1. The normalized spacial score (nSPS) is 15.7. The number of aryl methyl sites for hydroxylation is 1. The van der Waals surface area contributed by atoms with Crippen LogP contribution in [0.3, 0.4) is 0 Å². The average Bonchev–Trinajstić information content (AvgIpc) is 2.49. The fraction of sp³-hybridized carbons (Fsp3) is 0.375. The Morgan fingerprint density at radius 2 is 2.29 bits per heavy atom. The van der Waals surface area contributed by atoms with Gasteiger partial charge in [0.15, 0.2) is 0 Å². The van der Waals surface area contributed by atoms with Gasteiger partial charge in [0.05, 0.1) is 5.56 Å². The van der Waals surface area contributed by atoms with E-state index in [0.29, 0.717) is 16.9 Å². The first-order chi connectivity index (χ1) is 6.68. The highest BCUT2D eigenvalue weighted by Crippen LogP contribution is 2.19. The van der Waals surface area contributed by atoms with Gasteiger partial charge < -0.3 is 15.4 Å². The maximum atomic E-state index is 11.5. The lowest BCUT2D eigenvalue weighted by atomic mass is 9.89. The van der Waals surface area contributed by atoms with Gasteiger partial charge in [0.2, 0.25) is 0 Å². The maximum Gasteiger partial charge on any atom is 0.499 e. The molecular formula is C8H10BNO3S. The number of thiophene rings is 1. The lowest BCUT2D eigenvalue weighted by Gasteiger charge is -1.96. The molecule has 1 aromatic heterocycles. The molecule has 0 aromatic carbocycles. The van der Waals surface area contributed by atoms with Crippen LogP contribution in [0.25, 0.3) is 0 Å². The van der Waals surface area contributed by atoms with Crippen LogP contribution in [0.1, 0.15) is 21.7 Å². The first-order valence-corrected chi connectivity index (χ1v) is 5.27. The molecule has 1 amide bonds. The Kier molecular flexibility index (Phi) is 2.58. The Balaban J connectivity index is 2.39. The maximum absolute atomic E-state index is 11.5. The van der Waals surface area contributed by atoms with Crippen molar-refractivity contribution in [2.24, 2.45) is 0 Å². The van der Waals surface area contributed by atoms with Gasteiger partial charge in [0.25, 0.3) is 5.91 Å². The lowest BCUT2D eigenvalue weighted by Crippen LogP contribution is -2.27. The van der Waals surface area contributed by atoms with E-state index in [1.165, 1.54) is 11.3 Å². The average molecular weight is 211 g/mol. The fourth-order valence-electron chi connectivity index (χ4n) is 1.50. The molecule has 2 rings (SSSR count). The molecule has 0 saturated carbocycles. The van der Waals surface area contributed by atoms with E-state index in [1.807, 2.05) is 0 Å². The van der Waals surface area contributed by atoms with Crippen LogP contribution in [0.2, 0.25) is 0 Å². The number of amides is 1. The summed E-state index contributed by atoms with van der Waals surface area (Å²) in [5.74, 6) is -0.111. The molecule has 0 atom stereocenters. The van der Waals surface area contributed by atoms with Gasteiger partial charge in [-0.1, -0.05) is 0 Å². The minimum absolute atomic E-state index is 0.111. The van der Waals surface area contributed by atoms with Gasteiger partial charge in [0.1, 0.15) is 0 Å². The summed E-state index contributed by atoms with van der Waals surface area (Å²) >= 11 is 1.30. The van der Waals surface area contributed by atoms with Crippen molar-refractivity contribution in [3.05, 3.63) is 16.5 Å². The molecule has 1 aliphatic heterocycles. The Bertz CT molecular complexity index is 363. The van der Waals surface area contributed by atoms with Crippen molar-refractivity contribution in [3.8, 4) is 0 Å². The number of carbonyl (C=O) groups excluding carboxylic acids is 1. The van der Waals surface area contributed by atoms with Crippen LogP contribution in [0.15, 0.2) is 6.07 Å². The van der Waals surface area contributed by atoms with E-state index in [4.69, 9.17) is 10.0 Å². The summed E-state index contributed by atoms with van der Waals surface area (Å²) in [4.78, 5) is 12.4. The Hall–Kier alpha value is -0.845. The fourth-order valence-corrected chi connectivity index (χ4v) is 2.58. The molecule has 2 heterocycles. The van der Waals surface area contributed by atoms with Crippen molar-refractivity contribution in [1.29, 1.82) is 0 Å². The second-order valence-corrected chi connectivity index (χ2v) is 4.39. The zero-order valence-electron chi connectivity index (χ0n) is 7.49. The van der Waals surface area contributed by atoms with Crippen molar-refractivity contribution in [1.82, 2.24) is 5.32 Å². The van der Waals surface area contributed by atoms with Gasteiger partial charge in [-0.2, -0.15) is 0 Å². The molecule has 1 aliphatic rings. The molecular weight excluding hydrogens is 201 g/mol. The van der Waals surface area contributed by atoms with E-state index >= 15 is 0 Å². The van der Waals surface area contributed by atoms with E-state index in [0.717, 1.165) is 17.7 Å². The molecule has 0 bridgehead atoms. The third kappa shape index (κ3) is 1.68. The third-order valence-corrected chi connectivity index (χ3v) is 3.43. The summed E-state index contributed by atoms with van der Waals surface area (Å²) in [6.45, 7) is 0.692. The van der Waals surface area contributed by atoms with Gasteiger partial charge in [-0.15, -0.1) is 11.3 Å². The molecule has 1 aromatic rings. The molecule has 6 heteroatoms. The van der Waals surface area contributed by atoms with Crippen molar-refractivity contribution in [2.75, 3.05) is 6.54 Å². The first-order valence-electron chi connectivity index (χ1n) is 4.45. The van der Waals surface area contributed by atoms with Gasteiger partial charge in [-0.25, -0.2) is 0 Å². The van der Waals surface area contributed by atoms with Crippen LogP contribution in [0.5, 0.6) is 0 Å². The largest absolute Gasteiger partial charge is 0.499 e. The van der Waals surface area contributed by atoms with Gasteiger partial charge in [-0.05, 0) is 18.9 Å². The summed E-state index contributed by atoms with van der Waals surface area (Å²) in [5, 5.41) is 20.7. The van der Waals surface area contributed by atoms with Gasteiger partial charge in [-0.3, -0.25) is 4.79 Å². The number of fused-ring (bicyclic) bond motifs is 1. The molecule has 4 nitrogen and oxygen atoms in total. The van der Waals surface area contributed by atoms with Gasteiger partial charge >= 0.3 is 7.12 Å². The van der Waals surface area contributed by atoms with Crippen molar-refractivity contribution in [3.63, 3.8) is 0 Å². The molecule has 0 saturated heterocycles. The number of hydrogen-bond acceptors (Lipinski definition) is 4. The molecule has 74 valence electrons. The second-order valence-electron chi connectivity index (χ2n) is 3.22. The van der Waals surface area contributed by atoms with Crippen LogP contribution in [0.4, 0.5) is 0 Å². The van der Waals surface area contributed by atoms with E-state index in [9.17, 15) is 4.79 Å². The molecule has 14 heavy (non-hydrogen) atoms. The highest BCUT2D eigenvalue weighted by Gasteiger charge is 2.22. The zero-order valence-corrected chi connectivity index (χ0v) is 8.30. The molecule has 0 aliphatic carbocycles. The topological polar surface area (TPSA) is 69.6 Å². The molecule has 3 N–H and O–H groups in total. The second kappa shape index (κ2) is 3.72. The van der Waals surface area contributed by atoms with Crippen LogP contribution in [0, 0.1) is 0 Å². The summed E-state index contributed by atoms with van der Waals surface area (Å²) in [7, 11) is -1.47. The first kappa shape index (κ1) is 9.70. The minimum Gasteiger partial charge on any atom is -0.423 e. The van der Waals surface area contributed by atoms with E-state index < -0.39 is 7.12 Å². The van der Waals surface area contributed by atoms with Gasteiger partial charge in [0, 0.05) is 16.2 Å².